The first-order chi connectivity index (χ1) is 11.5. The fraction of sp³-hybridized carbons (Fsp3) is 0.476. The van der Waals surface area contributed by atoms with Crippen LogP contribution in [0.2, 0.25) is 0 Å². The van der Waals surface area contributed by atoms with E-state index in [2.05, 4.69) is 32.2 Å². The van der Waals surface area contributed by atoms with E-state index in [0.29, 0.717) is 0 Å². The fourth-order valence-corrected chi connectivity index (χ4v) is 3.44. The molecule has 0 spiro atoms. The number of hydrogen-bond acceptors (Lipinski definition) is 2. The van der Waals surface area contributed by atoms with Gasteiger partial charge in [0.15, 0.2) is 0 Å². The third-order valence-electron chi connectivity index (χ3n) is 5.29. The minimum absolute atomic E-state index is 0.140. The molecule has 1 fully saturated rings. The van der Waals surface area contributed by atoms with Crippen LogP contribution in [0, 0.1) is 5.41 Å². The predicted octanol–water partition coefficient (Wildman–Crippen LogP) is 5.54. The minimum atomic E-state index is -0.229. The maximum Gasteiger partial charge on any atom is 0.230 e. The molecule has 0 aliphatic heterocycles. The van der Waals surface area contributed by atoms with Crippen molar-refractivity contribution in [3.63, 3.8) is 0 Å². The average Bonchev–Trinajstić information content (AvgIpc) is 3.05. The Morgan fingerprint density at radius 1 is 1.17 bits per heavy atom. The number of amides is 1. The van der Waals surface area contributed by atoms with Crippen molar-refractivity contribution in [3.05, 3.63) is 36.4 Å². The number of nitrogens with one attached hydrogen (secondary N) is 1. The molecule has 2 aromatic carbocycles. The van der Waals surface area contributed by atoms with E-state index in [1.165, 1.54) is 0 Å². The van der Waals surface area contributed by atoms with Crippen LogP contribution in [0.25, 0.3) is 10.8 Å². The maximum absolute atomic E-state index is 12.7. The maximum atomic E-state index is 12.7. The molecule has 0 saturated heterocycles. The van der Waals surface area contributed by atoms with Crippen LogP contribution in [0.3, 0.4) is 0 Å². The molecule has 1 aliphatic rings. The summed E-state index contributed by atoms with van der Waals surface area (Å²) in [5.74, 6) is 1.02. The molecule has 2 aromatic rings. The van der Waals surface area contributed by atoms with Crippen molar-refractivity contribution in [1.29, 1.82) is 0 Å². The quantitative estimate of drug-likeness (QED) is 0.784. The van der Waals surface area contributed by atoms with Crippen LogP contribution < -0.4 is 10.1 Å². The molecule has 1 amide bonds. The summed E-state index contributed by atoms with van der Waals surface area (Å²) < 4.78 is 6.04. The summed E-state index contributed by atoms with van der Waals surface area (Å²) >= 11 is 0. The van der Waals surface area contributed by atoms with Gasteiger partial charge in [-0.1, -0.05) is 51.0 Å². The van der Waals surface area contributed by atoms with Crippen LogP contribution in [-0.4, -0.2) is 12.0 Å². The molecule has 0 radical (unpaired) electrons. The lowest BCUT2D eigenvalue weighted by atomic mass is 9.87. The highest BCUT2D eigenvalue weighted by atomic mass is 16.5. The molecule has 3 nitrogen and oxygen atoms in total. The Labute approximate surface area is 144 Å². The molecule has 0 aromatic heterocycles. The van der Waals surface area contributed by atoms with E-state index in [9.17, 15) is 4.79 Å². The van der Waals surface area contributed by atoms with Crippen molar-refractivity contribution in [2.24, 2.45) is 5.41 Å². The molecule has 1 aliphatic carbocycles. The minimum Gasteiger partial charge on any atom is -0.490 e. The Hall–Kier alpha value is -2.03. The first kappa shape index (κ1) is 16.8. The van der Waals surface area contributed by atoms with E-state index in [4.69, 9.17) is 4.74 Å². The van der Waals surface area contributed by atoms with E-state index in [-0.39, 0.29) is 17.4 Å². The monoisotopic (exact) mass is 325 g/mol. The fourth-order valence-electron chi connectivity index (χ4n) is 3.44. The van der Waals surface area contributed by atoms with Crippen LogP contribution >= 0.6 is 0 Å². The highest BCUT2D eigenvalue weighted by Gasteiger charge is 2.36. The lowest BCUT2D eigenvalue weighted by molar-refractivity contribution is -0.124. The van der Waals surface area contributed by atoms with Crippen LogP contribution in [0.4, 0.5) is 5.69 Å². The second kappa shape index (κ2) is 6.84. The smallest absolute Gasteiger partial charge is 0.230 e. The highest BCUT2D eigenvalue weighted by molar-refractivity contribution is 6.05. The summed E-state index contributed by atoms with van der Waals surface area (Å²) in [5.41, 5.74) is 0.646. The molecule has 24 heavy (non-hydrogen) atoms. The van der Waals surface area contributed by atoms with Crippen molar-refractivity contribution < 1.29 is 9.53 Å². The Balaban J connectivity index is 1.92. The van der Waals surface area contributed by atoms with Gasteiger partial charge in [-0.15, -0.1) is 0 Å². The largest absolute Gasteiger partial charge is 0.490 e. The molecular weight excluding hydrogens is 298 g/mol. The Bertz CT molecular complexity index is 732. The van der Waals surface area contributed by atoms with Crippen LogP contribution in [0.15, 0.2) is 36.4 Å². The Morgan fingerprint density at radius 2 is 1.83 bits per heavy atom. The normalized spacial score (nSPS) is 17.6. The van der Waals surface area contributed by atoms with Crippen molar-refractivity contribution >= 4 is 22.4 Å². The molecular formula is C21H27NO2. The summed E-state index contributed by atoms with van der Waals surface area (Å²) in [5, 5.41) is 5.25. The first-order valence-electron chi connectivity index (χ1n) is 9.03. The first-order valence-corrected chi connectivity index (χ1v) is 9.03. The lowest BCUT2D eigenvalue weighted by Gasteiger charge is -2.23. The van der Waals surface area contributed by atoms with Gasteiger partial charge in [0, 0.05) is 21.9 Å². The van der Waals surface area contributed by atoms with Crippen molar-refractivity contribution in [1.82, 2.24) is 0 Å². The number of benzene rings is 2. The van der Waals surface area contributed by atoms with Gasteiger partial charge >= 0.3 is 0 Å². The van der Waals surface area contributed by atoms with Gasteiger partial charge in [-0.3, -0.25) is 4.79 Å². The summed E-state index contributed by atoms with van der Waals surface area (Å²) in [7, 11) is 0. The van der Waals surface area contributed by atoms with E-state index in [0.717, 1.165) is 54.3 Å². The van der Waals surface area contributed by atoms with E-state index >= 15 is 0 Å². The second-order valence-electron chi connectivity index (χ2n) is 7.22. The van der Waals surface area contributed by atoms with Crippen LogP contribution in [-0.2, 0) is 4.79 Å². The Kier molecular flexibility index (Phi) is 4.79. The van der Waals surface area contributed by atoms with Gasteiger partial charge in [0.2, 0.25) is 5.91 Å². The van der Waals surface area contributed by atoms with E-state index in [1.807, 2.05) is 30.3 Å². The van der Waals surface area contributed by atoms with Gasteiger partial charge in [-0.2, -0.15) is 0 Å². The number of fused-ring (bicyclic) bond motifs is 1. The van der Waals surface area contributed by atoms with Gasteiger partial charge in [0.05, 0.1) is 6.10 Å². The second-order valence-corrected chi connectivity index (χ2v) is 7.22. The number of carbonyl (C=O) groups is 1. The topological polar surface area (TPSA) is 38.3 Å². The lowest BCUT2D eigenvalue weighted by Crippen LogP contribution is -2.30. The van der Waals surface area contributed by atoms with Gasteiger partial charge in [0.1, 0.15) is 5.75 Å². The SMILES string of the molecule is CCC(C)Oc1ccc(NC(=O)C2(C)CCCC2)c2ccccc12. The van der Waals surface area contributed by atoms with Gasteiger partial charge in [-0.25, -0.2) is 0 Å². The number of carbonyl (C=O) groups excluding carboxylic acids is 1. The zero-order valence-electron chi connectivity index (χ0n) is 14.9. The van der Waals surface area contributed by atoms with Gasteiger partial charge < -0.3 is 10.1 Å². The van der Waals surface area contributed by atoms with Crippen LogP contribution in [0.5, 0.6) is 5.75 Å². The van der Waals surface area contributed by atoms with Crippen molar-refractivity contribution in [2.45, 2.75) is 59.0 Å². The van der Waals surface area contributed by atoms with Crippen LogP contribution in [0.1, 0.15) is 52.9 Å². The molecule has 1 N–H and O–H groups in total. The zero-order valence-corrected chi connectivity index (χ0v) is 14.9. The molecule has 128 valence electrons. The molecule has 1 saturated carbocycles. The molecule has 1 atom stereocenters. The zero-order chi connectivity index (χ0) is 17.2. The summed E-state index contributed by atoms with van der Waals surface area (Å²) in [6.07, 6.45) is 5.38. The summed E-state index contributed by atoms with van der Waals surface area (Å²) in [4.78, 5) is 12.7. The molecule has 3 heteroatoms. The number of hydrogen-bond donors (Lipinski definition) is 1. The van der Waals surface area contributed by atoms with Crippen molar-refractivity contribution in [2.75, 3.05) is 5.32 Å². The molecule has 3 rings (SSSR count). The van der Waals surface area contributed by atoms with E-state index in [1.54, 1.807) is 0 Å². The van der Waals surface area contributed by atoms with Gasteiger partial charge in [-0.05, 0) is 38.3 Å². The standard InChI is InChI=1S/C21H27NO2/c1-4-15(2)24-19-12-11-18(16-9-5-6-10-17(16)19)22-20(23)21(3)13-7-8-14-21/h5-6,9-12,15H,4,7-8,13-14H2,1-3H3,(H,22,23). The highest BCUT2D eigenvalue weighted by Crippen LogP contribution is 2.39. The van der Waals surface area contributed by atoms with Crippen molar-refractivity contribution in [3.8, 4) is 5.75 Å². The predicted molar refractivity (Wildman–Crippen MR) is 99.5 cm³/mol. The molecule has 0 heterocycles. The average molecular weight is 325 g/mol. The number of rotatable bonds is 5. The summed E-state index contributed by atoms with van der Waals surface area (Å²) in [6.45, 7) is 6.27. The molecule has 0 bridgehead atoms. The Morgan fingerprint density at radius 3 is 2.50 bits per heavy atom. The third kappa shape index (κ3) is 3.26. The summed E-state index contributed by atoms with van der Waals surface area (Å²) in [6, 6.07) is 12.1. The van der Waals surface area contributed by atoms with Gasteiger partial charge in [0.25, 0.3) is 0 Å². The van der Waals surface area contributed by atoms with E-state index < -0.39 is 0 Å². The third-order valence-corrected chi connectivity index (χ3v) is 5.29. The molecule has 1 unspecified atom stereocenters. The number of anilines is 1. The number of ether oxygens (including phenoxy) is 1.